The van der Waals surface area contributed by atoms with Gasteiger partial charge >= 0.3 is 0 Å². The van der Waals surface area contributed by atoms with Gasteiger partial charge in [0.1, 0.15) is 0 Å². The molecule has 200 valence electrons. The second-order valence-corrected chi connectivity index (χ2v) is 25.0. The predicted molar refractivity (Wildman–Crippen MR) is 156 cm³/mol. The van der Waals surface area contributed by atoms with Crippen LogP contribution >= 0.6 is 0 Å². The molecular weight excluding hydrogens is 449 g/mol. The smallest absolute Gasteiger partial charge is 0.192 e. The van der Waals surface area contributed by atoms with E-state index in [0.717, 1.165) is 5.92 Å². The molecule has 0 aliphatic heterocycles. The van der Waals surface area contributed by atoms with E-state index < -0.39 is 16.6 Å². The van der Waals surface area contributed by atoms with Gasteiger partial charge in [0, 0.05) is 6.10 Å². The standard InChI is InChI=1S/C30H60O2Si2/c1-14-15-19-29(8,9)26(32-34(12,13)28(5,6)7)18-21-30-20-16-17-24(30)22-25(23-30)31-33(10,11)27(2,3)4/h18,21,24-26H,14-17,19-20,22-23H2,1-13H3. The average molecular weight is 509 g/mol. The van der Waals surface area contributed by atoms with Gasteiger partial charge < -0.3 is 8.85 Å². The molecule has 2 nitrogen and oxygen atoms in total. The third kappa shape index (κ3) is 6.89. The van der Waals surface area contributed by atoms with Gasteiger partial charge in [-0.1, -0.05) is 93.7 Å². The van der Waals surface area contributed by atoms with E-state index in [1.54, 1.807) is 0 Å². The van der Waals surface area contributed by atoms with Crippen LogP contribution in [-0.4, -0.2) is 28.8 Å². The van der Waals surface area contributed by atoms with Crippen molar-refractivity contribution in [2.75, 3.05) is 0 Å². The molecule has 4 atom stereocenters. The average Bonchev–Trinajstić information content (AvgIpc) is 3.17. The van der Waals surface area contributed by atoms with Crippen LogP contribution in [0, 0.1) is 16.7 Å². The fraction of sp³-hybridized carbons (Fsp3) is 0.933. The summed E-state index contributed by atoms with van der Waals surface area (Å²) < 4.78 is 14.1. The Kier molecular flexibility index (Phi) is 9.32. The summed E-state index contributed by atoms with van der Waals surface area (Å²) in [5.41, 5.74) is 0.478. The highest BCUT2D eigenvalue weighted by molar-refractivity contribution is 6.74. The van der Waals surface area contributed by atoms with Crippen molar-refractivity contribution in [3.63, 3.8) is 0 Å². The van der Waals surface area contributed by atoms with E-state index in [-0.39, 0.29) is 21.6 Å². The molecule has 34 heavy (non-hydrogen) atoms. The zero-order chi connectivity index (χ0) is 26.2. The van der Waals surface area contributed by atoms with Crippen molar-refractivity contribution >= 4 is 16.6 Å². The third-order valence-corrected chi connectivity index (χ3v) is 19.2. The summed E-state index contributed by atoms with van der Waals surface area (Å²) >= 11 is 0. The first-order chi connectivity index (χ1) is 15.3. The highest BCUT2D eigenvalue weighted by Crippen LogP contribution is 2.57. The summed E-state index contributed by atoms with van der Waals surface area (Å²) in [6, 6.07) is 0. The number of fused-ring (bicyclic) bond motifs is 1. The summed E-state index contributed by atoms with van der Waals surface area (Å²) in [6.07, 6.45) is 16.1. The molecule has 4 unspecified atom stereocenters. The molecule has 0 spiro atoms. The van der Waals surface area contributed by atoms with Gasteiger partial charge in [-0.2, -0.15) is 0 Å². The summed E-state index contributed by atoms with van der Waals surface area (Å²) in [6.45, 7) is 31.0. The van der Waals surface area contributed by atoms with Crippen molar-refractivity contribution < 1.29 is 8.85 Å². The normalized spacial score (nSPS) is 28.0. The van der Waals surface area contributed by atoms with E-state index in [1.165, 1.54) is 51.4 Å². The van der Waals surface area contributed by atoms with Crippen LogP contribution in [0.15, 0.2) is 12.2 Å². The van der Waals surface area contributed by atoms with Gasteiger partial charge in [0.05, 0.1) is 6.10 Å². The molecule has 0 amide bonds. The second-order valence-electron chi connectivity index (χ2n) is 15.5. The first-order valence-corrected chi connectivity index (χ1v) is 20.1. The Morgan fingerprint density at radius 2 is 1.53 bits per heavy atom. The number of unbranched alkanes of at least 4 members (excludes halogenated alkanes) is 1. The van der Waals surface area contributed by atoms with Gasteiger partial charge in [0.25, 0.3) is 0 Å². The first-order valence-electron chi connectivity index (χ1n) is 14.3. The summed E-state index contributed by atoms with van der Waals surface area (Å²) in [5.74, 6) is 0.783. The van der Waals surface area contributed by atoms with Crippen LogP contribution < -0.4 is 0 Å². The van der Waals surface area contributed by atoms with Crippen molar-refractivity contribution in [2.45, 2.75) is 162 Å². The van der Waals surface area contributed by atoms with E-state index in [9.17, 15) is 0 Å². The Balaban J connectivity index is 2.29. The first kappa shape index (κ1) is 30.3. The maximum atomic E-state index is 7.15. The number of allylic oxidation sites excluding steroid dienone is 1. The number of hydrogen-bond donors (Lipinski definition) is 0. The Labute approximate surface area is 216 Å². The lowest BCUT2D eigenvalue weighted by Gasteiger charge is -2.44. The molecule has 2 rings (SSSR count). The lowest BCUT2D eigenvalue weighted by Crippen LogP contribution is -2.47. The molecule has 2 fully saturated rings. The van der Waals surface area contributed by atoms with Gasteiger partial charge in [-0.3, -0.25) is 0 Å². The van der Waals surface area contributed by atoms with Crippen molar-refractivity contribution in [1.29, 1.82) is 0 Å². The van der Waals surface area contributed by atoms with Crippen LogP contribution in [0.4, 0.5) is 0 Å². The third-order valence-electron chi connectivity index (χ3n) is 10.2. The molecule has 0 bridgehead atoms. The van der Waals surface area contributed by atoms with Crippen LogP contribution in [0.5, 0.6) is 0 Å². The lowest BCUT2D eigenvalue weighted by molar-refractivity contribution is 0.0884. The van der Waals surface area contributed by atoms with Gasteiger partial charge in [-0.15, -0.1) is 0 Å². The van der Waals surface area contributed by atoms with Gasteiger partial charge in [0.2, 0.25) is 0 Å². The maximum Gasteiger partial charge on any atom is 0.192 e. The van der Waals surface area contributed by atoms with Crippen molar-refractivity contribution in [3.8, 4) is 0 Å². The molecule has 2 aliphatic rings. The Morgan fingerprint density at radius 3 is 2.06 bits per heavy atom. The Hall–Kier alpha value is 0.0938. The van der Waals surface area contributed by atoms with Crippen LogP contribution in [0.25, 0.3) is 0 Å². The SMILES string of the molecule is CCCCC(C)(C)C(C=CC12CCCC1CC(O[Si](C)(C)C(C)(C)C)C2)O[Si](C)(C)C(C)(C)C. The van der Waals surface area contributed by atoms with Gasteiger partial charge in [-0.25, -0.2) is 0 Å². The largest absolute Gasteiger partial charge is 0.414 e. The van der Waals surface area contributed by atoms with E-state index in [2.05, 4.69) is 101 Å². The minimum absolute atomic E-state index is 0.155. The number of rotatable bonds is 10. The van der Waals surface area contributed by atoms with Crippen molar-refractivity contribution in [2.24, 2.45) is 16.7 Å². The van der Waals surface area contributed by atoms with Crippen LogP contribution in [0.3, 0.4) is 0 Å². The molecule has 0 aromatic rings. The highest BCUT2D eigenvalue weighted by Gasteiger charge is 2.51. The topological polar surface area (TPSA) is 18.5 Å². The fourth-order valence-electron chi connectivity index (χ4n) is 5.59. The van der Waals surface area contributed by atoms with Gasteiger partial charge in [-0.05, 0) is 85.1 Å². The van der Waals surface area contributed by atoms with Crippen molar-refractivity contribution in [3.05, 3.63) is 12.2 Å². The molecule has 0 N–H and O–H groups in total. The monoisotopic (exact) mass is 508 g/mol. The molecule has 0 saturated heterocycles. The number of hydrogen-bond acceptors (Lipinski definition) is 2. The fourth-order valence-corrected chi connectivity index (χ4v) is 8.35. The lowest BCUT2D eigenvalue weighted by atomic mass is 9.77. The zero-order valence-corrected chi connectivity index (χ0v) is 27.4. The molecule has 0 radical (unpaired) electrons. The summed E-state index contributed by atoms with van der Waals surface area (Å²) in [4.78, 5) is 0. The second kappa shape index (κ2) is 10.5. The molecule has 4 heteroatoms. The molecule has 0 aromatic heterocycles. The van der Waals surface area contributed by atoms with Crippen LogP contribution in [-0.2, 0) is 8.85 Å². The summed E-state index contributed by atoms with van der Waals surface area (Å²) in [5, 5.41) is 0.503. The molecule has 2 saturated carbocycles. The predicted octanol–water partition coefficient (Wildman–Crippen LogP) is 10.1. The minimum Gasteiger partial charge on any atom is -0.414 e. The Bertz CT molecular complexity index is 696. The molecule has 2 aliphatic carbocycles. The van der Waals surface area contributed by atoms with E-state index in [4.69, 9.17) is 8.85 Å². The molecule has 0 aromatic carbocycles. The van der Waals surface area contributed by atoms with Gasteiger partial charge in [0.15, 0.2) is 16.6 Å². The van der Waals surface area contributed by atoms with E-state index in [1.807, 2.05) is 0 Å². The molecule has 0 heterocycles. The minimum atomic E-state index is -1.87. The molecular formula is C30H60O2Si2. The van der Waals surface area contributed by atoms with E-state index in [0.29, 0.717) is 11.5 Å². The zero-order valence-electron chi connectivity index (χ0n) is 25.4. The van der Waals surface area contributed by atoms with Crippen molar-refractivity contribution in [1.82, 2.24) is 0 Å². The highest BCUT2D eigenvalue weighted by atomic mass is 28.4. The summed E-state index contributed by atoms with van der Waals surface area (Å²) in [7, 11) is -3.60. The maximum absolute atomic E-state index is 7.15. The quantitative estimate of drug-likeness (QED) is 0.216. The van der Waals surface area contributed by atoms with Crippen LogP contribution in [0.2, 0.25) is 36.3 Å². The van der Waals surface area contributed by atoms with E-state index >= 15 is 0 Å². The Morgan fingerprint density at radius 1 is 0.941 bits per heavy atom. The van der Waals surface area contributed by atoms with Crippen LogP contribution in [0.1, 0.15) is 114 Å².